The molecule has 0 radical (unpaired) electrons. The van der Waals surface area contributed by atoms with Gasteiger partial charge in [0.2, 0.25) is 3.79 Å². The average Bonchev–Trinajstić information content (AvgIpc) is 3.11. The predicted molar refractivity (Wildman–Crippen MR) is 117 cm³/mol. The lowest BCUT2D eigenvalue weighted by atomic mass is 10.2. The fourth-order valence-electron chi connectivity index (χ4n) is 2.93. The van der Waals surface area contributed by atoms with Crippen LogP contribution in [0, 0.1) is 17.0 Å². The highest BCUT2D eigenvalue weighted by Gasteiger charge is 2.35. The lowest BCUT2D eigenvalue weighted by Gasteiger charge is -2.30. The number of ether oxygens (including phenoxy) is 3. The second kappa shape index (κ2) is 10.4. The molecule has 3 rings (SSSR count). The summed E-state index contributed by atoms with van der Waals surface area (Å²) in [5.41, 5.74) is 0. The monoisotopic (exact) mass is 507 g/mol. The lowest BCUT2D eigenvalue weighted by Crippen LogP contribution is -2.56. The average molecular weight is 509 g/mol. The second-order valence-corrected chi connectivity index (χ2v) is 9.10. The number of hydrogen-bond donors (Lipinski definition) is 2. The van der Waals surface area contributed by atoms with Crippen molar-refractivity contribution in [3.8, 4) is 11.5 Å². The molecule has 174 valence electrons. The summed E-state index contributed by atoms with van der Waals surface area (Å²) < 4.78 is 15.9. The van der Waals surface area contributed by atoms with E-state index in [9.17, 15) is 14.9 Å². The van der Waals surface area contributed by atoms with E-state index < -0.39 is 21.0 Å². The predicted octanol–water partition coefficient (Wildman–Crippen LogP) is 2.95. The summed E-state index contributed by atoms with van der Waals surface area (Å²) in [6.07, 6.45) is -1.24. The number of fused-ring (bicyclic) bond motifs is 1. The minimum Gasteiger partial charge on any atom is -0.486 e. The SMILES string of the molecule is Cc1ncc([N+](=O)[O-])n1CCOC(=O)N[C@H](NC[C@@H]1COc2ccccc2O1)C(Cl)(Cl)Cl. The van der Waals surface area contributed by atoms with Crippen molar-refractivity contribution in [3.05, 3.63) is 46.4 Å². The van der Waals surface area contributed by atoms with Crippen LogP contribution in [0.15, 0.2) is 30.5 Å². The van der Waals surface area contributed by atoms with Crippen LogP contribution in [0.5, 0.6) is 11.5 Å². The third kappa shape index (κ3) is 6.28. The van der Waals surface area contributed by atoms with Crippen molar-refractivity contribution in [3.63, 3.8) is 0 Å². The van der Waals surface area contributed by atoms with Crippen LogP contribution in [0.1, 0.15) is 5.82 Å². The third-order valence-corrected chi connectivity index (χ3v) is 5.13. The molecule has 0 saturated heterocycles. The van der Waals surface area contributed by atoms with E-state index in [0.717, 1.165) is 6.20 Å². The Morgan fingerprint density at radius 1 is 1.41 bits per heavy atom. The first-order chi connectivity index (χ1) is 15.1. The van der Waals surface area contributed by atoms with Gasteiger partial charge in [0.25, 0.3) is 0 Å². The molecule has 2 aromatic rings. The number of carbonyl (C=O) groups is 1. The van der Waals surface area contributed by atoms with Crippen LogP contribution < -0.4 is 20.1 Å². The number of alkyl carbamates (subject to hydrolysis) is 1. The summed E-state index contributed by atoms with van der Waals surface area (Å²) >= 11 is 17.9. The molecule has 2 atom stereocenters. The number of benzene rings is 1. The van der Waals surface area contributed by atoms with E-state index in [1.54, 1.807) is 19.1 Å². The molecule has 14 heteroatoms. The van der Waals surface area contributed by atoms with Crippen molar-refractivity contribution in [2.24, 2.45) is 0 Å². The summed E-state index contributed by atoms with van der Waals surface area (Å²) in [6.45, 7) is 1.95. The number of alkyl halides is 3. The molecular weight excluding hydrogens is 489 g/mol. The molecule has 0 saturated carbocycles. The number of aromatic nitrogens is 2. The lowest BCUT2D eigenvalue weighted by molar-refractivity contribution is -0.392. The number of amides is 1. The number of nitrogens with zero attached hydrogens (tertiary/aromatic N) is 3. The van der Waals surface area contributed by atoms with E-state index in [4.69, 9.17) is 49.0 Å². The highest BCUT2D eigenvalue weighted by Crippen LogP contribution is 2.32. The van der Waals surface area contributed by atoms with Crippen molar-refractivity contribution in [2.75, 3.05) is 19.8 Å². The van der Waals surface area contributed by atoms with E-state index in [1.807, 2.05) is 12.1 Å². The number of nitrogens with one attached hydrogen (secondary N) is 2. The Morgan fingerprint density at radius 3 is 2.81 bits per heavy atom. The number of aryl methyl sites for hydroxylation is 1. The quantitative estimate of drug-likeness (QED) is 0.241. The standard InChI is InChI=1S/C18H20Cl3N5O6/c1-11-22-9-15(26(28)29)25(11)6-7-30-17(27)24-16(18(19,20)21)23-8-12-10-31-13-4-2-3-5-14(13)32-12/h2-5,9,12,16,23H,6-8,10H2,1H3,(H,24,27)/t12-,16+/m1/s1. The maximum atomic E-state index is 12.2. The third-order valence-electron chi connectivity index (χ3n) is 4.48. The van der Waals surface area contributed by atoms with E-state index in [2.05, 4.69) is 15.6 Å². The molecule has 1 aromatic carbocycles. The molecular formula is C18H20Cl3N5O6. The van der Waals surface area contributed by atoms with Gasteiger partial charge >= 0.3 is 11.9 Å². The van der Waals surface area contributed by atoms with Crippen LogP contribution >= 0.6 is 34.8 Å². The first kappa shape index (κ1) is 24.2. The summed E-state index contributed by atoms with van der Waals surface area (Å²) in [6, 6.07) is 7.22. The molecule has 0 bridgehead atoms. The van der Waals surface area contributed by atoms with Crippen LogP contribution in [0.3, 0.4) is 0 Å². The number of rotatable bonds is 8. The van der Waals surface area contributed by atoms with Gasteiger partial charge in [-0.15, -0.1) is 0 Å². The largest absolute Gasteiger partial charge is 0.486 e. The Hall–Kier alpha value is -2.47. The molecule has 2 heterocycles. The topological polar surface area (TPSA) is 130 Å². The Morgan fingerprint density at radius 2 is 2.12 bits per heavy atom. The first-order valence-electron chi connectivity index (χ1n) is 9.43. The second-order valence-electron chi connectivity index (χ2n) is 6.73. The van der Waals surface area contributed by atoms with Gasteiger partial charge in [0, 0.05) is 13.5 Å². The van der Waals surface area contributed by atoms with E-state index >= 15 is 0 Å². The maximum absolute atomic E-state index is 12.2. The van der Waals surface area contributed by atoms with E-state index in [1.165, 1.54) is 4.57 Å². The van der Waals surface area contributed by atoms with Crippen molar-refractivity contribution in [2.45, 2.75) is 29.5 Å². The number of hydrogen-bond acceptors (Lipinski definition) is 8. The number of nitro groups is 1. The molecule has 0 unspecified atom stereocenters. The van der Waals surface area contributed by atoms with Gasteiger partial charge < -0.3 is 29.6 Å². The Balaban J connectivity index is 1.50. The summed E-state index contributed by atoms with van der Waals surface area (Å²) in [5.74, 6) is 1.44. The molecule has 1 aliphatic heterocycles. The highest BCUT2D eigenvalue weighted by atomic mass is 35.6. The molecule has 0 fully saturated rings. The van der Waals surface area contributed by atoms with Gasteiger partial charge in [-0.3, -0.25) is 5.32 Å². The van der Waals surface area contributed by atoms with Gasteiger partial charge in [0.05, 0.1) is 0 Å². The smallest absolute Gasteiger partial charge is 0.408 e. The van der Waals surface area contributed by atoms with Crippen molar-refractivity contribution >= 4 is 46.7 Å². The highest BCUT2D eigenvalue weighted by molar-refractivity contribution is 6.68. The Labute approximate surface area is 198 Å². The molecule has 1 aliphatic rings. The van der Waals surface area contributed by atoms with Crippen LogP contribution in [0.4, 0.5) is 10.6 Å². The number of halogens is 3. The summed E-state index contributed by atoms with van der Waals surface area (Å²) in [5, 5.41) is 16.3. The zero-order chi connectivity index (χ0) is 23.3. The van der Waals surface area contributed by atoms with Crippen molar-refractivity contribution < 1.29 is 23.9 Å². The zero-order valence-electron chi connectivity index (χ0n) is 16.8. The van der Waals surface area contributed by atoms with Crippen molar-refractivity contribution in [1.82, 2.24) is 20.2 Å². The van der Waals surface area contributed by atoms with Gasteiger partial charge in [-0.2, -0.15) is 0 Å². The Bertz CT molecular complexity index is 967. The van der Waals surface area contributed by atoms with Gasteiger partial charge in [0.15, 0.2) is 17.3 Å². The maximum Gasteiger partial charge on any atom is 0.408 e. The minimum atomic E-state index is -1.90. The molecule has 32 heavy (non-hydrogen) atoms. The van der Waals surface area contributed by atoms with Gasteiger partial charge in [0.1, 0.15) is 38.2 Å². The van der Waals surface area contributed by atoms with Crippen LogP contribution in [-0.4, -0.2) is 56.4 Å². The summed E-state index contributed by atoms with van der Waals surface area (Å²) in [7, 11) is 0. The number of imidazole rings is 1. The molecule has 0 aliphatic carbocycles. The van der Waals surface area contributed by atoms with E-state index in [0.29, 0.717) is 17.3 Å². The molecule has 11 nitrogen and oxygen atoms in total. The van der Waals surface area contributed by atoms with E-state index in [-0.39, 0.29) is 38.2 Å². The molecule has 0 spiro atoms. The zero-order valence-corrected chi connectivity index (χ0v) is 19.1. The molecule has 1 amide bonds. The Kier molecular flexibility index (Phi) is 7.88. The number of para-hydroxylation sites is 2. The minimum absolute atomic E-state index is 0.0358. The van der Waals surface area contributed by atoms with Gasteiger partial charge in [-0.05, 0) is 17.1 Å². The summed E-state index contributed by atoms with van der Waals surface area (Å²) in [4.78, 5) is 26.5. The fraction of sp³-hybridized carbons (Fsp3) is 0.444. The normalized spacial score (nSPS) is 16.3. The number of carbonyl (C=O) groups excluding carboxylic acids is 1. The van der Waals surface area contributed by atoms with Gasteiger partial charge in [-0.25, -0.2) is 14.3 Å². The van der Waals surface area contributed by atoms with Crippen LogP contribution in [-0.2, 0) is 11.3 Å². The van der Waals surface area contributed by atoms with Crippen LogP contribution in [0.2, 0.25) is 0 Å². The fourth-order valence-corrected chi connectivity index (χ4v) is 3.32. The first-order valence-corrected chi connectivity index (χ1v) is 10.6. The van der Waals surface area contributed by atoms with Crippen molar-refractivity contribution in [1.29, 1.82) is 0 Å². The van der Waals surface area contributed by atoms with Gasteiger partial charge in [-0.1, -0.05) is 46.9 Å². The molecule has 1 aromatic heterocycles. The molecule has 2 N–H and O–H groups in total. The van der Waals surface area contributed by atoms with Crippen LogP contribution in [0.25, 0.3) is 0 Å².